The monoisotopic (exact) mass is 221 g/mol. The lowest BCUT2D eigenvalue weighted by molar-refractivity contribution is 0.458. The van der Waals surface area contributed by atoms with Gasteiger partial charge in [0.2, 0.25) is 0 Å². The topological polar surface area (TPSA) is 29.9 Å². The Hall–Kier alpha value is -0.830. The quantitative estimate of drug-likeness (QED) is 0.795. The van der Waals surface area contributed by atoms with Crippen LogP contribution in [-0.4, -0.2) is 15.8 Å². The summed E-state index contributed by atoms with van der Waals surface area (Å²) in [5.74, 6) is 0. The molecule has 0 saturated heterocycles. The van der Waals surface area contributed by atoms with Crippen LogP contribution < -0.4 is 5.32 Å². The van der Waals surface area contributed by atoms with E-state index in [0.717, 1.165) is 12.6 Å². The Morgan fingerprint density at radius 1 is 1.31 bits per heavy atom. The Balaban J connectivity index is 1.84. The molecule has 0 aromatic carbocycles. The van der Waals surface area contributed by atoms with Gasteiger partial charge >= 0.3 is 0 Å². The molecule has 16 heavy (non-hydrogen) atoms. The molecular weight excluding hydrogens is 198 g/mol. The Morgan fingerprint density at radius 2 is 2.00 bits per heavy atom. The summed E-state index contributed by atoms with van der Waals surface area (Å²) in [4.78, 5) is 0. The van der Waals surface area contributed by atoms with Crippen molar-refractivity contribution in [2.45, 2.75) is 58.0 Å². The number of hydrogen-bond donors (Lipinski definition) is 1. The summed E-state index contributed by atoms with van der Waals surface area (Å²) in [7, 11) is 2.00. The SMILES string of the molecule is Cc1c(CNC2CCCCCC2)cnn1C. The Labute approximate surface area is 98.2 Å². The molecule has 0 amide bonds. The second-order valence-electron chi connectivity index (χ2n) is 4.95. The highest BCUT2D eigenvalue weighted by Crippen LogP contribution is 2.17. The van der Waals surface area contributed by atoms with Crippen LogP contribution in [0.3, 0.4) is 0 Å². The molecule has 1 aliphatic carbocycles. The standard InChI is InChI=1S/C13H23N3/c1-11-12(10-15-16(11)2)9-14-13-7-5-3-4-6-8-13/h10,13-14H,3-9H2,1-2H3. The first kappa shape index (κ1) is 11.6. The van der Waals surface area contributed by atoms with Gasteiger partial charge in [-0.25, -0.2) is 0 Å². The molecule has 90 valence electrons. The maximum atomic E-state index is 4.28. The molecule has 1 aliphatic rings. The molecule has 0 radical (unpaired) electrons. The first-order valence-electron chi connectivity index (χ1n) is 6.48. The molecule has 1 aromatic rings. The first-order valence-corrected chi connectivity index (χ1v) is 6.48. The Bertz CT molecular complexity index is 322. The van der Waals surface area contributed by atoms with Crippen LogP contribution in [-0.2, 0) is 13.6 Å². The van der Waals surface area contributed by atoms with Crippen molar-refractivity contribution < 1.29 is 0 Å². The van der Waals surface area contributed by atoms with Gasteiger partial charge in [-0.15, -0.1) is 0 Å². The summed E-state index contributed by atoms with van der Waals surface area (Å²) >= 11 is 0. The average molecular weight is 221 g/mol. The third-order valence-electron chi connectivity index (χ3n) is 3.77. The summed E-state index contributed by atoms with van der Waals surface area (Å²) in [6.07, 6.45) is 10.3. The molecule has 1 saturated carbocycles. The van der Waals surface area contributed by atoms with Crippen molar-refractivity contribution in [1.82, 2.24) is 15.1 Å². The highest BCUT2D eigenvalue weighted by Gasteiger charge is 2.12. The van der Waals surface area contributed by atoms with E-state index in [1.807, 2.05) is 17.9 Å². The van der Waals surface area contributed by atoms with Crippen LogP contribution in [0.15, 0.2) is 6.20 Å². The smallest absolute Gasteiger partial charge is 0.0537 e. The zero-order valence-electron chi connectivity index (χ0n) is 10.5. The number of nitrogens with zero attached hydrogens (tertiary/aromatic N) is 2. The molecule has 1 aromatic heterocycles. The first-order chi connectivity index (χ1) is 7.77. The van der Waals surface area contributed by atoms with E-state index in [2.05, 4.69) is 17.3 Å². The van der Waals surface area contributed by atoms with Crippen LogP contribution in [0.2, 0.25) is 0 Å². The zero-order chi connectivity index (χ0) is 11.4. The normalized spacial score (nSPS) is 18.6. The third kappa shape index (κ3) is 2.85. The van der Waals surface area contributed by atoms with Gasteiger partial charge < -0.3 is 5.32 Å². The summed E-state index contributed by atoms with van der Waals surface area (Å²) in [6, 6.07) is 0.724. The van der Waals surface area contributed by atoms with Crippen molar-refractivity contribution >= 4 is 0 Å². The maximum Gasteiger partial charge on any atom is 0.0537 e. The van der Waals surface area contributed by atoms with Gasteiger partial charge in [0, 0.05) is 30.9 Å². The molecule has 0 aliphatic heterocycles. The van der Waals surface area contributed by atoms with Crippen molar-refractivity contribution in [3.05, 3.63) is 17.5 Å². The van der Waals surface area contributed by atoms with Gasteiger partial charge in [-0.3, -0.25) is 4.68 Å². The van der Waals surface area contributed by atoms with Crippen LogP contribution in [0, 0.1) is 6.92 Å². The number of rotatable bonds is 3. The van der Waals surface area contributed by atoms with Crippen LogP contribution in [0.1, 0.15) is 49.8 Å². The second-order valence-corrected chi connectivity index (χ2v) is 4.95. The van der Waals surface area contributed by atoms with E-state index in [0.29, 0.717) is 0 Å². The summed E-state index contributed by atoms with van der Waals surface area (Å²) in [5, 5.41) is 7.95. The zero-order valence-corrected chi connectivity index (χ0v) is 10.5. The molecule has 1 fully saturated rings. The van der Waals surface area contributed by atoms with E-state index in [4.69, 9.17) is 0 Å². The van der Waals surface area contributed by atoms with E-state index < -0.39 is 0 Å². The molecule has 2 rings (SSSR count). The summed E-state index contributed by atoms with van der Waals surface area (Å²) < 4.78 is 1.95. The third-order valence-corrected chi connectivity index (χ3v) is 3.77. The van der Waals surface area contributed by atoms with Gasteiger partial charge in [-0.1, -0.05) is 25.7 Å². The lowest BCUT2D eigenvalue weighted by Crippen LogP contribution is -2.28. The molecule has 3 heteroatoms. The van der Waals surface area contributed by atoms with E-state index in [9.17, 15) is 0 Å². The Kier molecular flexibility index (Phi) is 3.99. The highest BCUT2D eigenvalue weighted by molar-refractivity contribution is 5.15. The number of aromatic nitrogens is 2. The number of hydrogen-bond acceptors (Lipinski definition) is 2. The number of aryl methyl sites for hydroxylation is 1. The molecule has 3 nitrogen and oxygen atoms in total. The lowest BCUT2D eigenvalue weighted by Gasteiger charge is -2.15. The van der Waals surface area contributed by atoms with Crippen LogP contribution in [0.25, 0.3) is 0 Å². The van der Waals surface area contributed by atoms with Gasteiger partial charge in [0.05, 0.1) is 6.20 Å². The van der Waals surface area contributed by atoms with Gasteiger partial charge in [-0.05, 0) is 19.8 Å². The second kappa shape index (κ2) is 5.48. The molecule has 1 N–H and O–H groups in total. The van der Waals surface area contributed by atoms with E-state index in [1.54, 1.807) is 0 Å². The van der Waals surface area contributed by atoms with Crippen molar-refractivity contribution in [2.75, 3.05) is 0 Å². The minimum absolute atomic E-state index is 0.724. The molecule has 0 bridgehead atoms. The molecule has 0 atom stereocenters. The fourth-order valence-electron chi connectivity index (χ4n) is 2.46. The molecule has 1 heterocycles. The van der Waals surface area contributed by atoms with Gasteiger partial charge in [0.1, 0.15) is 0 Å². The largest absolute Gasteiger partial charge is 0.310 e. The van der Waals surface area contributed by atoms with Crippen LogP contribution in [0.5, 0.6) is 0 Å². The minimum atomic E-state index is 0.724. The van der Waals surface area contributed by atoms with Crippen molar-refractivity contribution in [2.24, 2.45) is 7.05 Å². The fourth-order valence-corrected chi connectivity index (χ4v) is 2.46. The summed E-state index contributed by atoms with van der Waals surface area (Å²) in [6.45, 7) is 3.11. The van der Waals surface area contributed by atoms with Crippen LogP contribution >= 0.6 is 0 Å². The maximum absolute atomic E-state index is 4.28. The van der Waals surface area contributed by atoms with Gasteiger partial charge in [0.15, 0.2) is 0 Å². The van der Waals surface area contributed by atoms with E-state index in [1.165, 1.54) is 49.8 Å². The molecule has 0 unspecified atom stereocenters. The average Bonchev–Trinajstić information content (AvgIpc) is 2.53. The predicted octanol–water partition coefficient (Wildman–Crippen LogP) is 2.54. The Morgan fingerprint density at radius 3 is 2.56 bits per heavy atom. The van der Waals surface area contributed by atoms with Crippen molar-refractivity contribution in [3.63, 3.8) is 0 Å². The predicted molar refractivity (Wildman–Crippen MR) is 66.3 cm³/mol. The van der Waals surface area contributed by atoms with Crippen molar-refractivity contribution in [3.8, 4) is 0 Å². The van der Waals surface area contributed by atoms with E-state index >= 15 is 0 Å². The number of nitrogens with one attached hydrogen (secondary N) is 1. The van der Waals surface area contributed by atoms with E-state index in [-0.39, 0.29) is 0 Å². The molecular formula is C13H23N3. The van der Waals surface area contributed by atoms with Gasteiger partial charge in [0.25, 0.3) is 0 Å². The summed E-state index contributed by atoms with van der Waals surface area (Å²) in [5.41, 5.74) is 2.62. The van der Waals surface area contributed by atoms with Gasteiger partial charge in [-0.2, -0.15) is 5.10 Å². The molecule has 0 spiro atoms. The minimum Gasteiger partial charge on any atom is -0.310 e. The highest BCUT2D eigenvalue weighted by atomic mass is 15.3. The van der Waals surface area contributed by atoms with Crippen molar-refractivity contribution in [1.29, 1.82) is 0 Å². The van der Waals surface area contributed by atoms with Crippen LogP contribution in [0.4, 0.5) is 0 Å². The fraction of sp³-hybridized carbons (Fsp3) is 0.769. The lowest BCUT2D eigenvalue weighted by atomic mass is 10.1.